The molecule has 6 heteroatoms. The smallest absolute Gasteiger partial charge is 0.324 e. The fourth-order valence-corrected chi connectivity index (χ4v) is 2.95. The van der Waals surface area contributed by atoms with Gasteiger partial charge in [0, 0.05) is 11.9 Å². The zero-order chi connectivity index (χ0) is 16.9. The number of hydrogen-bond donors (Lipinski definition) is 2. The summed E-state index contributed by atoms with van der Waals surface area (Å²) in [7, 11) is 0. The molecule has 2 aromatic rings. The van der Waals surface area contributed by atoms with Crippen LogP contribution in [0.2, 0.25) is 0 Å². The van der Waals surface area contributed by atoms with Crippen molar-refractivity contribution in [1.29, 1.82) is 0 Å². The molecule has 1 aromatic heterocycles. The van der Waals surface area contributed by atoms with Crippen LogP contribution < -0.4 is 5.32 Å². The Morgan fingerprint density at radius 3 is 2.61 bits per heavy atom. The highest BCUT2D eigenvalue weighted by molar-refractivity contribution is 7.13. The van der Waals surface area contributed by atoms with Crippen LogP contribution in [0.5, 0.6) is 0 Å². The van der Waals surface area contributed by atoms with Gasteiger partial charge in [-0.25, -0.2) is 9.78 Å². The van der Waals surface area contributed by atoms with Crippen LogP contribution in [0.1, 0.15) is 32.0 Å². The van der Waals surface area contributed by atoms with Crippen molar-refractivity contribution in [3.63, 3.8) is 0 Å². The number of nitrogens with zero attached hydrogens (tertiary/aromatic N) is 2. The number of rotatable bonds is 6. The van der Waals surface area contributed by atoms with Crippen molar-refractivity contribution in [3.05, 3.63) is 47.0 Å². The predicted molar refractivity (Wildman–Crippen MR) is 93.7 cm³/mol. The molecule has 1 aromatic carbocycles. The third-order valence-corrected chi connectivity index (χ3v) is 4.02. The van der Waals surface area contributed by atoms with Gasteiger partial charge in [0.05, 0.1) is 17.8 Å². The lowest BCUT2D eigenvalue weighted by Gasteiger charge is -2.29. The SMILES string of the molecule is CCc1csc(NC(=O)N(Cc2ccccc2)CC(C)(C)O)n1. The van der Waals surface area contributed by atoms with E-state index in [1.165, 1.54) is 11.3 Å². The Kier molecular flexibility index (Phi) is 5.74. The number of aliphatic hydroxyl groups is 1. The zero-order valence-electron chi connectivity index (χ0n) is 13.7. The molecule has 124 valence electrons. The van der Waals surface area contributed by atoms with Crippen molar-refractivity contribution >= 4 is 22.5 Å². The minimum absolute atomic E-state index is 0.236. The molecule has 0 atom stereocenters. The van der Waals surface area contributed by atoms with E-state index in [0.29, 0.717) is 11.7 Å². The molecular formula is C17H23N3O2S. The normalized spacial score (nSPS) is 11.3. The quantitative estimate of drug-likeness (QED) is 0.850. The maximum absolute atomic E-state index is 12.6. The number of urea groups is 1. The van der Waals surface area contributed by atoms with E-state index in [0.717, 1.165) is 17.7 Å². The molecule has 0 bridgehead atoms. The highest BCUT2D eigenvalue weighted by atomic mass is 32.1. The fourth-order valence-electron chi connectivity index (χ4n) is 2.17. The molecule has 23 heavy (non-hydrogen) atoms. The molecule has 2 N–H and O–H groups in total. The van der Waals surface area contributed by atoms with E-state index >= 15 is 0 Å². The van der Waals surface area contributed by atoms with E-state index < -0.39 is 5.60 Å². The molecule has 0 fully saturated rings. The summed E-state index contributed by atoms with van der Waals surface area (Å²) >= 11 is 1.41. The summed E-state index contributed by atoms with van der Waals surface area (Å²) in [5, 5.41) is 15.4. The summed E-state index contributed by atoms with van der Waals surface area (Å²) in [6.45, 7) is 6.08. The van der Waals surface area contributed by atoms with E-state index in [1.807, 2.05) is 42.6 Å². The number of anilines is 1. The van der Waals surface area contributed by atoms with Crippen molar-refractivity contribution in [2.75, 3.05) is 11.9 Å². The van der Waals surface area contributed by atoms with Crippen LogP contribution in [-0.2, 0) is 13.0 Å². The van der Waals surface area contributed by atoms with Gasteiger partial charge in [-0.15, -0.1) is 11.3 Å². The largest absolute Gasteiger partial charge is 0.389 e. The van der Waals surface area contributed by atoms with E-state index in [-0.39, 0.29) is 12.6 Å². The fraction of sp³-hybridized carbons (Fsp3) is 0.412. The number of carbonyl (C=O) groups is 1. The molecule has 0 saturated heterocycles. The lowest BCUT2D eigenvalue weighted by atomic mass is 10.1. The molecule has 5 nitrogen and oxygen atoms in total. The Bertz CT molecular complexity index is 635. The Morgan fingerprint density at radius 1 is 1.35 bits per heavy atom. The second kappa shape index (κ2) is 7.57. The Labute approximate surface area is 141 Å². The molecule has 0 spiro atoms. The average molecular weight is 333 g/mol. The van der Waals surface area contributed by atoms with Crippen molar-refractivity contribution in [2.24, 2.45) is 0 Å². The van der Waals surface area contributed by atoms with E-state index in [2.05, 4.69) is 10.3 Å². The van der Waals surface area contributed by atoms with Crippen LogP contribution >= 0.6 is 11.3 Å². The number of carbonyl (C=O) groups excluding carboxylic acids is 1. The summed E-state index contributed by atoms with van der Waals surface area (Å²) in [5.74, 6) is 0. The molecule has 0 unspecified atom stereocenters. The number of aryl methyl sites for hydroxylation is 1. The van der Waals surface area contributed by atoms with E-state index in [9.17, 15) is 9.90 Å². The first-order chi connectivity index (χ1) is 10.9. The maximum Gasteiger partial charge on any atom is 0.324 e. The number of amides is 2. The molecular weight excluding hydrogens is 310 g/mol. The highest BCUT2D eigenvalue weighted by Gasteiger charge is 2.23. The summed E-state index contributed by atoms with van der Waals surface area (Å²) in [4.78, 5) is 18.5. The molecule has 2 rings (SSSR count). The van der Waals surface area contributed by atoms with E-state index in [1.54, 1.807) is 18.7 Å². The summed E-state index contributed by atoms with van der Waals surface area (Å²) in [5.41, 5.74) is 1.01. The third-order valence-electron chi connectivity index (χ3n) is 3.21. The summed E-state index contributed by atoms with van der Waals surface area (Å²) in [6, 6.07) is 9.47. The van der Waals surface area contributed by atoms with Crippen molar-refractivity contribution < 1.29 is 9.90 Å². The topological polar surface area (TPSA) is 65.5 Å². The minimum atomic E-state index is -0.969. The van der Waals surface area contributed by atoms with Gasteiger partial charge in [-0.05, 0) is 25.8 Å². The average Bonchev–Trinajstić information content (AvgIpc) is 2.94. The van der Waals surface area contributed by atoms with Crippen LogP contribution in [0.15, 0.2) is 35.7 Å². The minimum Gasteiger partial charge on any atom is -0.389 e. The molecule has 1 heterocycles. The van der Waals surface area contributed by atoms with Gasteiger partial charge in [0.25, 0.3) is 0 Å². The number of hydrogen-bond acceptors (Lipinski definition) is 4. The Balaban J connectivity index is 2.10. The highest BCUT2D eigenvalue weighted by Crippen LogP contribution is 2.18. The number of thiazole rings is 1. The van der Waals surface area contributed by atoms with Crippen molar-refractivity contribution in [1.82, 2.24) is 9.88 Å². The lowest BCUT2D eigenvalue weighted by Crippen LogP contribution is -2.43. The first-order valence-corrected chi connectivity index (χ1v) is 8.52. The zero-order valence-corrected chi connectivity index (χ0v) is 14.6. The van der Waals surface area contributed by atoms with Crippen molar-refractivity contribution in [2.45, 2.75) is 39.3 Å². The van der Waals surface area contributed by atoms with Gasteiger partial charge in [0.1, 0.15) is 0 Å². The summed E-state index contributed by atoms with van der Waals surface area (Å²) < 4.78 is 0. The standard InChI is InChI=1S/C17H23N3O2S/c1-4-14-11-23-15(18-14)19-16(21)20(12-17(2,3)22)10-13-8-6-5-7-9-13/h5-9,11,22H,4,10,12H2,1-3H3,(H,18,19,21). The monoisotopic (exact) mass is 333 g/mol. The lowest BCUT2D eigenvalue weighted by molar-refractivity contribution is 0.0469. The van der Waals surface area contributed by atoms with Crippen LogP contribution in [0.25, 0.3) is 0 Å². The number of benzene rings is 1. The van der Waals surface area contributed by atoms with Gasteiger partial charge >= 0.3 is 6.03 Å². The number of aromatic nitrogens is 1. The predicted octanol–water partition coefficient (Wildman–Crippen LogP) is 3.51. The maximum atomic E-state index is 12.6. The van der Waals surface area contributed by atoms with Gasteiger partial charge in [-0.2, -0.15) is 0 Å². The van der Waals surface area contributed by atoms with Crippen LogP contribution in [0.4, 0.5) is 9.93 Å². The molecule has 2 amide bonds. The first kappa shape index (κ1) is 17.4. The van der Waals surface area contributed by atoms with Gasteiger partial charge in [-0.1, -0.05) is 37.3 Å². The number of nitrogens with one attached hydrogen (secondary N) is 1. The second-order valence-electron chi connectivity index (χ2n) is 6.08. The van der Waals surface area contributed by atoms with Crippen LogP contribution in [0, 0.1) is 0 Å². The Morgan fingerprint density at radius 2 is 2.04 bits per heavy atom. The van der Waals surface area contributed by atoms with Gasteiger partial charge < -0.3 is 10.0 Å². The molecule has 0 aliphatic carbocycles. The first-order valence-electron chi connectivity index (χ1n) is 7.64. The van der Waals surface area contributed by atoms with Crippen LogP contribution in [-0.4, -0.2) is 33.2 Å². The van der Waals surface area contributed by atoms with Crippen molar-refractivity contribution in [3.8, 4) is 0 Å². The molecule has 0 aliphatic rings. The second-order valence-corrected chi connectivity index (χ2v) is 6.94. The molecule has 0 saturated carbocycles. The summed E-state index contributed by atoms with van der Waals surface area (Å²) in [6.07, 6.45) is 0.837. The van der Waals surface area contributed by atoms with Gasteiger partial charge in [-0.3, -0.25) is 5.32 Å². The van der Waals surface area contributed by atoms with Gasteiger partial charge in [0.2, 0.25) is 0 Å². The van der Waals surface area contributed by atoms with E-state index in [4.69, 9.17) is 0 Å². The molecule has 0 aliphatic heterocycles. The van der Waals surface area contributed by atoms with Crippen LogP contribution in [0.3, 0.4) is 0 Å². The molecule has 0 radical (unpaired) electrons. The third kappa shape index (κ3) is 5.65. The van der Waals surface area contributed by atoms with Gasteiger partial charge in [0.15, 0.2) is 5.13 Å². The Hall–Kier alpha value is -1.92.